The van der Waals surface area contributed by atoms with Gasteiger partial charge < -0.3 is 28.8 Å². The van der Waals surface area contributed by atoms with E-state index in [1.807, 2.05) is 48.5 Å². The Morgan fingerprint density at radius 2 is 1.55 bits per heavy atom. The van der Waals surface area contributed by atoms with Crippen LogP contribution in [-0.4, -0.2) is 71.0 Å². The van der Waals surface area contributed by atoms with E-state index >= 15 is 0 Å². The van der Waals surface area contributed by atoms with Gasteiger partial charge in [-0.05, 0) is 66.9 Å². The van der Waals surface area contributed by atoms with Crippen LogP contribution in [0.25, 0.3) is 0 Å². The number of hydrogen-bond donors (Lipinski definition) is 1. The van der Waals surface area contributed by atoms with Crippen molar-refractivity contribution in [2.75, 3.05) is 65.1 Å². The molecule has 2 aliphatic rings. The first kappa shape index (κ1) is 26.1. The van der Waals surface area contributed by atoms with Gasteiger partial charge in [-0.1, -0.05) is 12.1 Å². The lowest BCUT2D eigenvalue weighted by Gasteiger charge is -2.40. The number of nitrogens with zero attached hydrogens (tertiary/aromatic N) is 2. The Bertz CT molecular complexity index is 1150. The zero-order valence-corrected chi connectivity index (χ0v) is 22.2. The van der Waals surface area contributed by atoms with Crippen molar-refractivity contribution in [3.63, 3.8) is 0 Å². The number of piperazine rings is 1. The van der Waals surface area contributed by atoms with Gasteiger partial charge in [0.15, 0.2) is 0 Å². The van der Waals surface area contributed by atoms with Crippen LogP contribution in [0.5, 0.6) is 11.5 Å². The van der Waals surface area contributed by atoms with E-state index in [1.54, 1.807) is 20.5 Å². The highest BCUT2D eigenvalue weighted by atomic mass is 16.5. The highest BCUT2D eigenvalue weighted by Crippen LogP contribution is 2.36. The molecule has 2 fully saturated rings. The summed E-state index contributed by atoms with van der Waals surface area (Å²) in [6.07, 6.45) is 3.00. The standard InChI is InChI=1S/C30H37N3O5/c1-35-25-9-5-23(6-10-25)30(13-20-37-21-14-30)29(34)31-22-27(28-4-3-19-38-28)33-17-15-32(16-18-33)24-7-11-26(36-2)12-8-24/h3-12,19,27H,13-18,20-22H2,1-2H3,(H,31,34). The van der Waals surface area contributed by atoms with Gasteiger partial charge in [-0.2, -0.15) is 0 Å². The summed E-state index contributed by atoms with van der Waals surface area (Å²) >= 11 is 0. The molecule has 0 aliphatic carbocycles. The first-order chi connectivity index (χ1) is 18.6. The molecule has 0 radical (unpaired) electrons. The minimum absolute atomic E-state index is 0.0411. The molecule has 1 amide bonds. The average Bonchev–Trinajstić information content (AvgIpc) is 3.53. The molecule has 1 atom stereocenters. The molecule has 202 valence electrons. The Hall–Kier alpha value is -3.49. The van der Waals surface area contributed by atoms with E-state index in [1.165, 1.54) is 5.69 Å². The first-order valence-corrected chi connectivity index (χ1v) is 13.3. The Kier molecular flexibility index (Phi) is 8.20. The second kappa shape index (κ2) is 11.9. The van der Waals surface area contributed by atoms with Crippen LogP contribution >= 0.6 is 0 Å². The number of amides is 1. The number of methoxy groups -OCH3 is 2. The minimum atomic E-state index is -0.620. The molecule has 0 saturated carbocycles. The molecule has 1 aromatic heterocycles. The second-order valence-corrected chi connectivity index (χ2v) is 9.89. The summed E-state index contributed by atoms with van der Waals surface area (Å²) in [5.74, 6) is 2.55. The van der Waals surface area contributed by atoms with Crippen molar-refractivity contribution in [1.29, 1.82) is 0 Å². The molecule has 1 N–H and O–H groups in total. The quantitative estimate of drug-likeness (QED) is 0.458. The fourth-order valence-electron chi connectivity index (χ4n) is 5.61. The Morgan fingerprint density at radius 1 is 0.921 bits per heavy atom. The van der Waals surface area contributed by atoms with E-state index in [-0.39, 0.29) is 11.9 Å². The summed E-state index contributed by atoms with van der Waals surface area (Å²) in [7, 11) is 3.33. The second-order valence-electron chi connectivity index (χ2n) is 9.89. The number of hydrogen-bond acceptors (Lipinski definition) is 7. The maximum Gasteiger partial charge on any atom is 0.230 e. The van der Waals surface area contributed by atoms with Crippen molar-refractivity contribution in [1.82, 2.24) is 10.2 Å². The van der Waals surface area contributed by atoms with E-state index in [2.05, 4.69) is 27.2 Å². The number of rotatable bonds is 9. The van der Waals surface area contributed by atoms with Crippen LogP contribution in [0, 0.1) is 0 Å². The summed E-state index contributed by atoms with van der Waals surface area (Å²) in [6.45, 7) is 5.13. The van der Waals surface area contributed by atoms with E-state index in [0.29, 0.717) is 32.6 Å². The lowest BCUT2D eigenvalue weighted by Crippen LogP contribution is -2.52. The fourth-order valence-corrected chi connectivity index (χ4v) is 5.61. The van der Waals surface area contributed by atoms with Gasteiger partial charge in [0.25, 0.3) is 0 Å². The van der Waals surface area contributed by atoms with Crippen LogP contribution in [0.15, 0.2) is 71.3 Å². The van der Waals surface area contributed by atoms with Crippen LogP contribution in [0.1, 0.15) is 30.2 Å². The number of carbonyl (C=O) groups excluding carboxylic acids is 1. The van der Waals surface area contributed by atoms with E-state index < -0.39 is 5.41 Å². The van der Waals surface area contributed by atoms with Crippen molar-refractivity contribution in [3.8, 4) is 11.5 Å². The van der Waals surface area contributed by atoms with Gasteiger partial charge in [0, 0.05) is 51.6 Å². The molecular formula is C30H37N3O5. The third-order valence-electron chi connectivity index (χ3n) is 7.94. The fraction of sp³-hybridized carbons (Fsp3) is 0.433. The molecule has 2 aromatic carbocycles. The van der Waals surface area contributed by atoms with E-state index in [9.17, 15) is 4.79 Å². The molecule has 8 heteroatoms. The van der Waals surface area contributed by atoms with Crippen LogP contribution in [0.3, 0.4) is 0 Å². The summed E-state index contributed by atoms with van der Waals surface area (Å²) < 4.78 is 22.1. The van der Waals surface area contributed by atoms with Crippen LogP contribution in [0.4, 0.5) is 5.69 Å². The van der Waals surface area contributed by atoms with E-state index in [4.69, 9.17) is 18.6 Å². The van der Waals surface area contributed by atoms with Crippen LogP contribution in [-0.2, 0) is 14.9 Å². The lowest BCUT2D eigenvalue weighted by atomic mass is 9.73. The number of anilines is 1. The normalized spacial score (nSPS) is 18.5. The van der Waals surface area contributed by atoms with Crippen LogP contribution < -0.4 is 19.7 Å². The smallest absolute Gasteiger partial charge is 0.230 e. The number of furan rings is 1. The molecule has 1 unspecified atom stereocenters. The SMILES string of the molecule is COc1ccc(N2CCN(C(CNC(=O)C3(c4ccc(OC)cc4)CCOCC3)c3ccco3)CC2)cc1. The van der Waals surface area contributed by atoms with Crippen molar-refractivity contribution < 1.29 is 23.4 Å². The zero-order valence-electron chi connectivity index (χ0n) is 22.2. The van der Waals surface area contributed by atoms with Crippen molar-refractivity contribution in [2.45, 2.75) is 24.3 Å². The molecule has 2 aliphatic heterocycles. The minimum Gasteiger partial charge on any atom is -0.497 e. The summed E-state index contributed by atoms with van der Waals surface area (Å²) in [4.78, 5) is 18.6. The molecule has 38 heavy (non-hydrogen) atoms. The molecule has 0 spiro atoms. The zero-order chi connectivity index (χ0) is 26.4. The van der Waals surface area contributed by atoms with Gasteiger partial charge in [0.05, 0.1) is 31.9 Å². The Balaban J connectivity index is 1.28. The Morgan fingerprint density at radius 3 is 2.13 bits per heavy atom. The average molecular weight is 520 g/mol. The molecule has 2 saturated heterocycles. The van der Waals surface area contributed by atoms with Gasteiger partial charge in [-0.3, -0.25) is 9.69 Å². The van der Waals surface area contributed by atoms with Gasteiger partial charge in [-0.25, -0.2) is 0 Å². The highest BCUT2D eigenvalue weighted by Gasteiger charge is 2.42. The maximum absolute atomic E-state index is 13.9. The third-order valence-corrected chi connectivity index (χ3v) is 7.94. The van der Waals surface area contributed by atoms with Crippen molar-refractivity contribution >= 4 is 11.6 Å². The number of carbonyl (C=O) groups is 1. The van der Waals surface area contributed by atoms with Gasteiger partial charge in [0.1, 0.15) is 17.3 Å². The van der Waals surface area contributed by atoms with Crippen LogP contribution in [0.2, 0.25) is 0 Å². The number of benzene rings is 2. The highest BCUT2D eigenvalue weighted by molar-refractivity contribution is 5.88. The molecule has 5 rings (SSSR count). The lowest BCUT2D eigenvalue weighted by molar-refractivity contribution is -0.130. The predicted molar refractivity (Wildman–Crippen MR) is 146 cm³/mol. The Labute approximate surface area is 224 Å². The topological polar surface area (TPSA) is 76.4 Å². The first-order valence-electron chi connectivity index (χ1n) is 13.3. The predicted octanol–water partition coefficient (Wildman–Crippen LogP) is 4.02. The molecule has 3 aromatic rings. The summed E-state index contributed by atoms with van der Waals surface area (Å²) in [5, 5.41) is 3.31. The summed E-state index contributed by atoms with van der Waals surface area (Å²) in [6, 6.07) is 19.9. The van der Waals surface area contributed by atoms with Gasteiger partial charge in [-0.15, -0.1) is 0 Å². The number of nitrogens with one attached hydrogen (secondary N) is 1. The van der Waals surface area contributed by atoms with E-state index in [0.717, 1.165) is 49.0 Å². The maximum atomic E-state index is 13.9. The van der Waals surface area contributed by atoms with Crippen molar-refractivity contribution in [3.05, 3.63) is 78.3 Å². The third kappa shape index (κ3) is 5.51. The number of ether oxygens (including phenoxy) is 3. The molecule has 8 nitrogen and oxygen atoms in total. The van der Waals surface area contributed by atoms with Gasteiger partial charge in [0.2, 0.25) is 5.91 Å². The summed E-state index contributed by atoms with van der Waals surface area (Å²) in [5.41, 5.74) is 1.57. The van der Waals surface area contributed by atoms with Crippen molar-refractivity contribution in [2.24, 2.45) is 0 Å². The largest absolute Gasteiger partial charge is 0.497 e. The molecular weight excluding hydrogens is 482 g/mol. The molecule has 3 heterocycles. The van der Waals surface area contributed by atoms with Gasteiger partial charge >= 0.3 is 0 Å². The monoisotopic (exact) mass is 519 g/mol. The molecule has 0 bridgehead atoms.